The molecule has 0 unspecified atom stereocenters. The van der Waals surface area contributed by atoms with Crippen LogP contribution in [-0.4, -0.2) is 53.6 Å². The van der Waals surface area contributed by atoms with Gasteiger partial charge in [0.15, 0.2) is 6.61 Å². The fourth-order valence-electron chi connectivity index (χ4n) is 3.07. The number of benzene rings is 1. The minimum Gasteiger partial charge on any atom is -0.483 e. The number of para-hydroxylation sites is 1. The molecule has 0 bridgehead atoms. The number of amides is 1. The third-order valence-corrected chi connectivity index (χ3v) is 4.43. The molecule has 6 nitrogen and oxygen atoms in total. The average Bonchev–Trinajstić information content (AvgIpc) is 2.88. The van der Waals surface area contributed by atoms with E-state index in [1.54, 1.807) is 12.4 Å². The van der Waals surface area contributed by atoms with Gasteiger partial charge in [-0.25, -0.2) is 9.97 Å². The van der Waals surface area contributed by atoms with Crippen LogP contribution in [0.25, 0.3) is 0 Å². The van der Waals surface area contributed by atoms with Gasteiger partial charge >= 0.3 is 0 Å². The van der Waals surface area contributed by atoms with Gasteiger partial charge in [-0.3, -0.25) is 4.79 Å². The number of nitrogens with zero attached hydrogens (tertiary/aromatic N) is 4. The molecule has 0 saturated carbocycles. The second-order valence-corrected chi connectivity index (χ2v) is 6.28. The molecular formula is C19H24N4O2. The summed E-state index contributed by atoms with van der Waals surface area (Å²) in [5, 5.41) is 0. The first-order valence-electron chi connectivity index (χ1n) is 8.64. The number of hydrogen-bond acceptors (Lipinski definition) is 5. The van der Waals surface area contributed by atoms with Gasteiger partial charge in [0.25, 0.3) is 5.91 Å². The molecule has 25 heavy (non-hydrogen) atoms. The molecule has 0 atom stereocenters. The van der Waals surface area contributed by atoms with Gasteiger partial charge in [-0.2, -0.15) is 0 Å². The van der Waals surface area contributed by atoms with Crippen LogP contribution < -0.4 is 9.64 Å². The Kier molecular flexibility index (Phi) is 5.48. The molecule has 132 valence electrons. The highest BCUT2D eigenvalue weighted by Crippen LogP contribution is 2.22. The Labute approximate surface area is 148 Å². The number of ether oxygens (including phenoxy) is 1. The molecule has 2 aromatic rings. The Balaban J connectivity index is 1.56. The van der Waals surface area contributed by atoms with Crippen molar-refractivity contribution in [2.45, 2.75) is 20.3 Å². The summed E-state index contributed by atoms with van der Waals surface area (Å²) in [5.74, 6) is 1.56. The molecule has 1 aromatic heterocycles. The molecule has 0 N–H and O–H groups in total. The molecule has 1 aromatic carbocycles. The Bertz CT molecular complexity index is 700. The zero-order valence-electron chi connectivity index (χ0n) is 14.8. The van der Waals surface area contributed by atoms with Crippen molar-refractivity contribution in [1.82, 2.24) is 14.9 Å². The van der Waals surface area contributed by atoms with E-state index in [4.69, 9.17) is 4.74 Å². The second-order valence-electron chi connectivity index (χ2n) is 6.28. The van der Waals surface area contributed by atoms with Crippen molar-refractivity contribution in [2.24, 2.45) is 0 Å². The van der Waals surface area contributed by atoms with Crippen LogP contribution >= 0.6 is 0 Å². The van der Waals surface area contributed by atoms with E-state index >= 15 is 0 Å². The molecule has 1 amide bonds. The smallest absolute Gasteiger partial charge is 0.260 e. The van der Waals surface area contributed by atoms with Crippen molar-refractivity contribution < 1.29 is 9.53 Å². The topological polar surface area (TPSA) is 58.6 Å². The molecule has 0 spiro atoms. The molecule has 3 rings (SSSR count). The molecular weight excluding hydrogens is 316 g/mol. The lowest BCUT2D eigenvalue weighted by atomic mass is 10.1. The summed E-state index contributed by atoms with van der Waals surface area (Å²) in [4.78, 5) is 25.1. The first-order chi connectivity index (χ1) is 12.1. The van der Waals surface area contributed by atoms with E-state index in [1.807, 2.05) is 43.0 Å². The van der Waals surface area contributed by atoms with E-state index in [1.165, 1.54) is 0 Å². The fourth-order valence-corrected chi connectivity index (χ4v) is 3.07. The predicted octanol–water partition coefficient (Wildman–Crippen LogP) is 2.21. The van der Waals surface area contributed by atoms with E-state index in [0.717, 1.165) is 48.9 Å². The molecule has 1 fully saturated rings. The maximum absolute atomic E-state index is 12.5. The van der Waals surface area contributed by atoms with Gasteiger partial charge in [-0.05, 0) is 37.5 Å². The molecule has 1 aliphatic heterocycles. The van der Waals surface area contributed by atoms with Crippen LogP contribution in [0.5, 0.6) is 5.75 Å². The van der Waals surface area contributed by atoms with E-state index in [2.05, 4.69) is 14.9 Å². The van der Waals surface area contributed by atoms with Gasteiger partial charge < -0.3 is 14.5 Å². The summed E-state index contributed by atoms with van der Waals surface area (Å²) in [6.07, 6.45) is 4.39. The number of carbonyl (C=O) groups is 1. The molecule has 2 heterocycles. The minimum atomic E-state index is 0.0264. The van der Waals surface area contributed by atoms with Crippen LogP contribution in [0.3, 0.4) is 0 Å². The van der Waals surface area contributed by atoms with E-state index in [0.29, 0.717) is 6.54 Å². The summed E-state index contributed by atoms with van der Waals surface area (Å²) in [6.45, 7) is 7.05. The van der Waals surface area contributed by atoms with Crippen molar-refractivity contribution in [1.29, 1.82) is 0 Å². The Morgan fingerprint density at radius 3 is 2.48 bits per heavy atom. The van der Waals surface area contributed by atoms with Crippen LogP contribution in [0, 0.1) is 13.8 Å². The Morgan fingerprint density at radius 1 is 1.04 bits per heavy atom. The van der Waals surface area contributed by atoms with Crippen molar-refractivity contribution in [3.8, 4) is 5.75 Å². The third-order valence-electron chi connectivity index (χ3n) is 4.43. The molecule has 0 aliphatic carbocycles. The molecule has 1 aliphatic rings. The minimum absolute atomic E-state index is 0.0264. The zero-order valence-corrected chi connectivity index (χ0v) is 14.8. The lowest BCUT2D eigenvalue weighted by Crippen LogP contribution is -2.38. The van der Waals surface area contributed by atoms with Crippen molar-refractivity contribution >= 4 is 11.9 Å². The lowest BCUT2D eigenvalue weighted by Gasteiger charge is -2.22. The predicted molar refractivity (Wildman–Crippen MR) is 96.9 cm³/mol. The van der Waals surface area contributed by atoms with E-state index in [-0.39, 0.29) is 12.5 Å². The van der Waals surface area contributed by atoms with Crippen LogP contribution in [0.15, 0.2) is 36.7 Å². The van der Waals surface area contributed by atoms with Crippen LogP contribution in [-0.2, 0) is 4.79 Å². The van der Waals surface area contributed by atoms with Crippen LogP contribution in [0.2, 0.25) is 0 Å². The molecule has 6 heteroatoms. The largest absolute Gasteiger partial charge is 0.483 e. The Morgan fingerprint density at radius 2 is 1.76 bits per heavy atom. The number of hydrogen-bond donors (Lipinski definition) is 0. The van der Waals surface area contributed by atoms with Gasteiger partial charge in [0.1, 0.15) is 5.75 Å². The summed E-state index contributed by atoms with van der Waals surface area (Å²) in [7, 11) is 0. The van der Waals surface area contributed by atoms with Crippen molar-refractivity contribution in [3.63, 3.8) is 0 Å². The summed E-state index contributed by atoms with van der Waals surface area (Å²) in [5.41, 5.74) is 2.10. The maximum atomic E-state index is 12.5. The second kappa shape index (κ2) is 7.96. The van der Waals surface area contributed by atoms with Gasteiger partial charge in [-0.1, -0.05) is 18.2 Å². The standard InChI is InChI=1S/C19H24N4O2/c1-15-6-3-7-16(2)18(15)25-14-17(24)22-10-5-11-23(13-12-22)19-20-8-4-9-21-19/h3-4,6-9H,5,10-14H2,1-2H3. The number of carbonyl (C=O) groups excluding carboxylic acids is 1. The SMILES string of the molecule is Cc1cccc(C)c1OCC(=O)N1CCCN(c2ncccn2)CC1. The first kappa shape index (κ1) is 17.2. The summed E-state index contributed by atoms with van der Waals surface area (Å²) < 4.78 is 5.81. The van der Waals surface area contributed by atoms with Crippen LogP contribution in [0.1, 0.15) is 17.5 Å². The van der Waals surface area contributed by atoms with E-state index in [9.17, 15) is 4.79 Å². The van der Waals surface area contributed by atoms with Crippen molar-refractivity contribution in [2.75, 3.05) is 37.7 Å². The number of anilines is 1. The summed E-state index contributed by atoms with van der Waals surface area (Å²) >= 11 is 0. The third kappa shape index (κ3) is 4.26. The van der Waals surface area contributed by atoms with Gasteiger partial charge in [0.2, 0.25) is 5.95 Å². The molecule has 0 radical (unpaired) electrons. The highest BCUT2D eigenvalue weighted by molar-refractivity contribution is 5.78. The van der Waals surface area contributed by atoms with Gasteiger partial charge in [0, 0.05) is 38.6 Å². The molecule has 1 saturated heterocycles. The van der Waals surface area contributed by atoms with Crippen molar-refractivity contribution in [3.05, 3.63) is 47.8 Å². The first-order valence-corrected chi connectivity index (χ1v) is 8.64. The number of aromatic nitrogens is 2. The highest BCUT2D eigenvalue weighted by atomic mass is 16.5. The quantitative estimate of drug-likeness (QED) is 0.854. The average molecular weight is 340 g/mol. The lowest BCUT2D eigenvalue weighted by molar-refractivity contribution is -0.133. The van der Waals surface area contributed by atoms with Gasteiger partial charge in [0.05, 0.1) is 0 Å². The van der Waals surface area contributed by atoms with Gasteiger partial charge in [-0.15, -0.1) is 0 Å². The van der Waals surface area contributed by atoms with Crippen LogP contribution in [0.4, 0.5) is 5.95 Å². The van der Waals surface area contributed by atoms with E-state index < -0.39 is 0 Å². The number of rotatable bonds is 4. The maximum Gasteiger partial charge on any atom is 0.260 e. The fraction of sp³-hybridized carbons (Fsp3) is 0.421. The normalized spacial score (nSPS) is 15.0. The zero-order chi connectivity index (χ0) is 17.6. The Hall–Kier alpha value is -2.63. The highest BCUT2D eigenvalue weighted by Gasteiger charge is 2.21. The number of aryl methyl sites for hydroxylation is 2. The monoisotopic (exact) mass is 340 g/mol. The summed E-state index contributed by atoms with van der Waals surface area (Å²) in [6, 6.07) is 7.80.